The maximum absolute atomic E-state index is 4.24. The molecule has 2 heterocycles. The van der Waals surface area contributed by atoms with Gasteiger partial charge < -0.3 is 9.88 Å². The predicted octanol–water partition coefficient (Wildman–Crippen LogP) is 1.93. The molecule has 0 spiro atoms. The maximum Gasteiger partial charge on any atom is 0.0951 e. The van der Waals surface area contributed by atoms with Gasteiger partial charge in [0.1, 0.15) is 0 Å². The fourth-order valence-corrected chi connectivity index (χ4v) is 2.20. The summed E-state index contributed by atoms with van der Waals surface area (Å²) in [4.78, 5) is 4.24. The van der Waals surface area contributed by atoms with Crippen LogP contribution in [0, 0.1) is 0 Å². The normalized spacial score (nSPS) is 21.5. The van der Waals surface area contributed by atoms with Crippen LogP contribution < -0.4 is 5.32 Å². The first kappa shape index (κ1) is 10.4. The van der Waals surface area contributed by atoms with Crippen LogP contribution in [0.25, 0.3) is 0 Å². The van der Waals surface area contributed by atoms with Gasteiger partial charge in [0.05, 0.1) is 6.33 Å². The molecule has 0 aliphatic carbocycles. The van der Waals surface area contributed by atoms with Gasteiger partial charge in [0, 0.05) is 30.9 Å². The number of nitrogens with zero attached hydrogens (tertiary/aromatic N) is 2. The van der Waals surface area contributed by atoms with Crippen molar-refractivity contribution in [2.24, 2.45) is 0 Å². The largest absolute Gasteiger partial charge is 0.330 e. The second-order valence-corrected chi connectivity index (χ2v) is 4.45. The molecule has 1 atom stereocenters. The number of hydrogen-bond acceptors (Lipinski definition) is 2. The number of nitrogens with one attached hydrogen (secondary N) is 1. The summed E-state index contributed by atoms with van der Waals surface area (Å²) in [6.45, 7) is 9.15. The van der Waals surface area contributed by atoms with E-state index in [0.29, 0.717) is 5.92 Å². The third-order valence-corrected chi connectivity index (χ3v) is 2.90. The Kier molecular flexibility index (Phi) is 3.21. The monoisotopic (exact) mass is 205 g/mol. The Balaban J connectivity index is 2.12. The first-order chi connectivity index (χ1) is 7.27. The van der Waals surface area contributed by atoms with Crippen LogP contribution in [0.2, 0.25) is 0 Å². The number of allylic oxidation sites excluding steroid dienone is 1. The van der Waals surface area contributed by atoms with Crippen molar-refractivity contribution in [1.82, 2.24) is 14.9 Å². The van der Waals surface area contributed by atoms with Gasteiger partial charge in [-0.3, -0.25) is 0 Å². The highest BCUT2D eigenvalue weighted by molar-refractivity contribution is 5.10. The second kappa shape index (κ2) is 4.62. The molecule has 1 aliphatic heterocycles. The van der Waals surface area contributed by atoms with Crippen LogP contribution in [0.1, 0.15) is 31.4 Å². The Morgan fingerprint density at radius 1 is 1.73 bits per heavy atom. The molecule has 82 valence electrons. The van der Waals surface area contributed by atoms with Crippen molar-refractivity contribution in [3.63, 3.8) is 0 Å². The highest BCUT2D eigenvalue weighted by Crippen LogP contribution is 2.23. The number of piperidine rings is 1. The Labute approximate surface area is 91.2 Å². The van der Waals surface area contributed by atoms with Gasteiger partial charge >= 0.3 is 0 Å². The van der Waals surface area contributed by atoms with Crippen LogP contribution in [-0.2, 0) is 6.54 Å². The molecule has 3 nitrogen and oxygen atoms in total. The molecule has 15 heavy (non-hydrogen) atoms. The Hall–Kier alpha value is -1.09. The zero-order valence-corrected chi connectivity index (χ0v) is 9.37. The fourth-order valence-electron chi connectivity index (χ4n) is 2.20. The standard InChI is InChI=1S/C12H19N3/c1-10(2)8-15-9-14-7-12(15)11-4-3-5-13-6-11/h7,9,11,13H,1,3-6,8H2,2H3. The zero-order valence-electron chi connectivity index (χ0n) is 9.37. The molecule has 1 unspecified atom stereocenters. The molecule has 1 N–H and O–H groups in total. The summed E-state index contributed by atoms with van der Waals surface area (Å²) in [5.74, 6) is 0.626. The lowest BCUT2D eigenvalue weighted by Gasteiger charge is -2.23. The topological polar surface area (TPSA) is 29.9 Å². The quantitative estimate of drug-likeness (QED) is 0.764. The van der Waals surface area contributed by atoms with E-state index in [0.717, 1.165) is 19.6 Å². The van der Waals surface area contributed by atoms with Gasteiger partial charge in [-0.2, -0.15) is 0 Å². The molecule has 0 saturated carbocycles. The van der Waals surface area contributed by atoms with E-state index >= 15 is 0 Å². The highest BCUT2D eigenvalue weighted by atomic mass is 15.1. The van der Waals surface area contributed by atoms with E-state index < -0.39 is 0 Å². The zero-order chi connectivity index (χ0) is 10.7. The highest BCUT2D eigenvalue weighted by Gasteiger charge is 2.18. The third kappa shape index (κ3) is 2.48. The number of hydrogen-bond donors (Lipinski definition) is 1. The molecule has 0 aromatic carbocycles. The van der Waals surface area contributed by atoms with Crippen LogP contribution in [0.15, 0.2) is 24.7 Å². The van der Waals surface area contributed by atoms with Crippen molar-refractivity contribution in [3.05, 3.63) is 30.4 Å². The van der Waals surface area contributed by atoms with E-state index in [1.54, 1.807) is 0 Å². The molecule has 0 bridgehead atoms. The minimum atomic E-state index is 0.626. The molecule has 1 aliphatic rings. The summed E-state index contributed by atoms with van der Waals surface area (Å²) in [6.07, 6.45) is 6.46. The lowest BCUT2D eigenvalue weighted by Crippen LogP contribution is -2.29. The summed E-state index contributed by atoms with van der Waals surface area (Å²) in [7, 11) is 0. The van der Waals surface area contributed by atoms with E-state index in [1.165, 1.54) is 24.1 Å². The molecule has 0 radical (unpaired) electrons. The molecule has 1 aromatic heterocycles. The smallest absolute Gasteiger partial charge is 0.0951 e. The molecule has 1 aromatic rings. The van der Waals surface area contributed by atoms with Crippen molar-refractivity contribution in [2.45, 2.75) is 32.2 Å². The molecular formula is C12H19N3. The Bertz CT molecular complexity index is 334. The van der Waals surface area contributed by atoms with E-state index in [2.05, 4.69) is 28.4 Å². The van der Waals surface area contributed by atoms with Gasteiger partial charge in [-0.05, 0) is 26.3 Å². The number of imidazole rings is 1. The van der Waals surface area contributed by atoms with Gasteiger partial charge in [-0.1, -0.05) is 12.2 Å². The van der Waals surface area contributed by atoms with Gasteiger partial charge in [0.25, 0.3) is 0 Å². The molecule has 1 saturated heterocycles. The number of aromatic nitrogens is 2. The van der Waals surface area contributed by atoms with Gasteiger partial charge in [-0.15, -0.1) is 0 Å². The van der Waals surface area contributed by atoms with E-state index in [-0.39, 0.29) is 0 Å². The van der Waals surface area contributed by atoms with E-state index in [9.17, 15) is 0 Å². The summed E-state index contributed by atoms with van der Waals surface area (Å²) in [6, 6.07) is 0. The van der Waals surface area contributed by atoms with Crippen LogP contribution in [0.4, 0.5) is 0 Å². The predicted molar refractivity (Wildman–Crippen MR) is 61.9 cm³/mol. The van der Waals surface area contributed by atoms with E-state index in [1.807, 2.05) is 12.5 Å². The van der Waals surface area contributed by atoms with Crippen LogP contribution >= 0.6 is 0 Å². The van der Waals surface area contributed by atoms with Gasteiger partial charge in [-0.25, -0.2) is 4.98 Å². The first-order valence-corrected chi connectivity index (χ1v) is 5.62. The molecule has 1 fully saturated rings. The first-order valence-electron chi connectivity index (χ1n) is 5.62. The van der Waals surface area contributed by atoms with Gasteiger partial charge in [0.2, 0.25) is 0 Å². The lowest BCUT2D eigenvalue weighted by molar-refractivity contribution is 0.443. The fraction of sp³-hybridized carbons (Fsp3) is 0.583. The summed E-state index contributed by atoms with van der Waals surface area (Å²) in [5.41, 5.74) is 2.53. The maximum atomic E-state index is 4.24. The van der Waals surface area contributed by atoms with Crippen molar-refractivity contribution in [3.8, 4) is 0 Å². The van der Waals surface area contributed by atoms with Crippen molar-refractivity contribution in [1.29, 1.82) is 0 Å². The molecule has 0 amide bonds. The molecule has 2 rings (SSSR count). The minimum Gasteiger partial charge on any atom is -0.330 e. The molecule has 3 heteroatoms. The van der Waals surface area contributed by atoms with Gasteiger partial charge in [0.15, 0.2) is 0 Å². The Morgan fingerprint density at radius 3 is 3.27 bits per heavy atom. The van der Waals surface area contributed by atoms with Crippen LogP contribution in [0.3, 0.4) is 0 Å². The third-order valence-electron chi connectivity index (χ3n) is 2.90. The van der Waals surface area contributed by atoms with Crippen molar-refractivity contribution < 1.29 is 0 Å². The summed E-state index contributed by atoms with van der Waals surface area (Å²) < 4.78 is 2.22. The minimum absolute atomic E-state index is 0.626. The second-order valence-electron chi connectivity index (χ2n) is 4.45. The summed E-state index contributed by atoms with van der Waals surface area (Å²) >= 11 is 0. The van der Waals surface area contributed by atoms with E-state index in [4.69, 9.17) is 0 Å². The van der Waals surface area contributed by atoms with Crippen LogP contribution in [-0.4, -0.2) is 22.6 Å². The van der Waals surface area contributed by atoms with Crippen LogP contribution in [0.5, 0.6) is 0 Å². The SMILES string of the molecule is C=C(C)Cn1cncc1C1CCCNC1. The lowest BCUT2D eigenvalue weighted by atomic mass is 9.96. The molecular weight excluding hydrogens is 186 g/mol. The number of rotatable bonds is 3. The average Bonchev–Trinajstić information content (AvgIpc) is 2.66. The summed E-state index contributed by atoms with van der Waals surface area (Å²) in [5, 5.41) is 3.44. The average molecular weight is 205 g/mol. The Morgan fingerprint density at radius 2 is 2.60 bits per heavy atom. The van der Waals surface area contributed by atoms with Crippen molar-refractivity contribution in [2.75, 3.05) is 13.1 Å². The van der Waals surface area contributed by atoms with Crippen molar-refractivity contribution >= 4 is 0 Å².